The molecule has 2 aromatic heterocycles. The number of aliphatic hydroxyl groups excluding tert-OH is 1. The number of benzene rings is 1. The minimum Gasteiger partial charge on any atom is -0.395 e. The molecule has 0 unspecified atom stereocenters. The molecule has 2 aliphatic rings. The molecule has 0 bridgehead atoms. The molecule has 1 aromatic carbocycles. The highest BCUT2D eigenvalue weighted by Gasteiger charge is 2.52. The van der Waals surface area contributed by atoms with Crippen LogP contribution >= 0.6 is 0 Å². The summed E-state index contributed by atoms with van der Waals surface area (Å²) in [6.45, 7) is 3.11. The number of hydrogen-bond donors (Lipinski definition) is 1. The number of hydrogen-bond acceptors (Lipinski definition) is 6. The number of anilines is 2. The van der Waals surface area contributed by atoms with Crippen molar-refractivity contribution in [3.63, 3.8) is 0 Å². The molecule has 1 aliphatic carbocycles. The molecule has 1 N–H and O–H groups in total. The second-order valence-electron chi connectivity index (χ2n) is 8.54. The molecule has 3 heterocycles. The lowest BCUT2D eigenvalue weighted by atomic mass is 9.97. The molecule has 1 spiro atoms. The van der Waals surface area contributed by atoms with Gasteiger partial charge in [-0.1, -0.05) is 6.07 Å². The van der Waals surface area contributed by atoms with Crippen molar-refractivity contribution < 1.29 is 9.90 Å². The summed E-state index contributed by atoms with van der Waals surface area (Å²) in [7, 11) is 1.70. The second kappa shape index (κ2) is 7.42. The Morgan fingerprint density at radius 1 is 1.16 bits per heavy atom. The van der Waals surface area contributed by atoms with Gasteiger partial charge < -0.3 is 14.9 Å². The lowest BCUT2D eigenvalue weighted by Gasteiger charge is -2.19. The number of likely N-dealkylation sites (N-methyl/N-ethyl adjacent to an activating group) is 1. The summed E-state index contributed by atoms with van der Waals surface area (Å²) in [4.78, 5) is 30.1. The number of carbonyl (C=O) groups is 1. The average molecular weight is 415 g/mol. The summed E-state index contributed by atoms with van der Waals surface area (Å²) in [6.07, 6.45) is 7.69. The van der Waals surface area contributed by atoms with Crippen LogP contribution < -0.4 is 4.90 Å². The number of aromatic nitrogens is 3. The quantitative estimate of drug-likeness (QED) is 0.690. The van der Waals surface area contributed by atoms with Gasteiger partial charge in [-0.3, -0.25) is 9.78 Å². The van der Waals surface area contributed by atoms with Crippen molar-refractivity contribution in [1.82, 2.24) is 19.9 Å². The molecule has 1 aliphatic heterocycles. The first kappa shape index (κ1) is 19.6. The van der Waals surface area contributed by atoms with Gasteiger partial charge in [0.05, 0.1) is 12.3 Å². The van der Waals surface area contributed by atoms with Gasteiger partial charge in [0.15, 0.2) is 0 Å². The number of carbonyl (C=O) groups excluding carboxylic acids is 1. The Morgan fingerprint density at radius 2 is 1.94 bits per heavy atom. The maximum atomic E-state index is 12.7. The number of pyridine rings is 1. The number of aryl methyl sites for hydroxylation is 1. The minimum atomic E-state index is -0.102. The Hall–Kier alpha value is -3.32. The van der Waals surface area contributed by atoms with E-state index in [-0.39, 0.29) is 17.9 Å². The Labute approximate surface area is 181 Å². The maximum absolute atomic E-state index is 12.7. The first-order valence-electron chi connectivity index (χ1n) is 10.5. The van der Waals surface area contributed by atoms with Crippen molar-refractivity contribution >= 4 is 17.5 Å². The molecule has 0 radical (unpaired) electrons. The van der Waals surface area contributed by atoms with Gasteiger partial charge in [0, 0.05) is 61.0 Å². The largest absolute Gasteiger partial charge is 0.395 e. The number of rotatable bonds is 5. The normalized spacial score (nSPS) is 15.8. The Kier molecular flexibility index (Phi) is 4.70. The smallest absolute Gasteiger partial charge is 0.253 e. The monoisotopic (exact) mass is 415 g/mol. The molecule has 158 valence electrons. The van der Waals surface area contributed by atoms with Gasteiger partial charge in [-0.15, -0.1) is 0 Å². The van der Waals surface area contributed by atoms with Crippen LogP contribution in [0.5, 0.6) is 0 Å². The van der Waals surface area contributed by atoms with Crippen molar-refractivity contribution in [1.29, 1.82) is 0 Å². The Balaban J connectivity index is 1.48. The number of nitrogens with zero attached hydrogens (tertiary/aromatic N) is 5. The van der Waals surface area contributed by atoms with E-state index in [1.54, 1.807) is 13.2 Å². The topological polar surface area (TPSA) is 82.5 Å². The van der Waals surface area contributed by atoms with Crippen LogP contribution in [0.4, 0.5) is 11.6 Å². The van der Waals surface area contributed by atoms with Crippen molar-refractivity contribution in [2.45, 2.75) is 25.2 Å². The zero-order valence-electron chi connectivity index (χ0n) is 17.7. The van der Waals surface area contributed by atoms with E-state index in [1.807, 2.05) is 43.6 Å². The zero-order chi connectivity index (χ0) is 21.6. The van der Waals surface area contributed by atoms with Crippen LogP contribution in [0.1, 0.15) is 34.3 Å². The van der Waals surface area contributed by atoms with Crippen LogP contribution in [-0.2, 0) is 5.41 Å². The van der Waals surface area contributed by atoms with E-state index in [0.29, 0.717) is 18.1 Å². The standard InChI is InChI=1S/C24H25N5O2/c1-16-5-8-25-20(11-16)18-13-26-23(27-14-18)29-15-24(6-7-24)19-4-3-17(12-21(19)29)22(31)28(2)9-10-30/h3-5,8,11-14,30H,6-7,9-10,15H2,1-2H3. The van der Waals surface area contributed by atoms with Gasteiger partial charge in [-0.25, -0.2) is 9.97 Å². The van der Waals surface area contributed by atoms with Crippen LogP contribution in [0.3, 0.4) is 0 Å². The van der Waals surface area contributed by atoms with Crippen molar-refractivity contribution in [2.75, 3.05) is 31.6 Å². The molecule has 0 saturated heterocycles. The van der Waals surface area contributed by atoms with Gasteiger partial charge in [-0.05, 0) is 55.2 Å². The molecular formula is C24H25N5O2. The number of fused-ring (bicyclic) bond motifs is 2. The average Bonchev–Trinajstić information content (AvgIpc) is 3.50. The summed E-state index contributed by atoms with van der Waals surface area (Å²) in [5, 5.41) is 9.15. The highest BCUT2D eigenvalue weighted by Crippen LogP contribution is 2.57. The third kappa shape index (κ3) is 3.45. The van der Waals surface area contributed by atoms with Gasteiger partial charge in [0.2, 0.25) is 5.95 Å². The highest BCUT2D eigenvalue weighted by molar-refractivity contribution is 5.96. The van der Waals surface area contributed by atoms with E-state index < -0.39 is 0 Å². The molecule has 1 fully saturated rings. The van der Waals surface area contributed by atoms with E-state index in [0.717, 1.165) is 41.9 Å². The van der Waals surface area contributed by atoms with E-state index in [2.05, 4.69) is 25.9 Å². The first-order chi connectivity index (χ1) is 15.0. The summed E-state index contributed by atoms with van der Waals surface area (Å²) in [6, 6.07) is 9.90. The highest BCUT2D eigenvalue weighted by atomic mass is 16.3. The van der Waals surface area contributed by atoms with Gasteiger partial charge in [0.25, 0.3) is 5.91 Å². The van der Waals surface area contributed by atoms with Crippen molar-refractivity contribution in [3.8, 4) is 11.3 Å². The van der Waals surface area contributed by atoms with Crippen molar-refractivity contribution in [3.05, 3.63) is 65.6 Å². The van der Waals surface area contributed by atoms with E-state index in [9.17, 15) is 4.79 Å². The summed E-state index contributed by atoms with van der Waals surface area (Å²) >= 11 is 0. The molecular weight excluding hydrogens is 390 g/mol. The van der Waals surface area contributed by atoms with Gasteiger partial charge in [-0.2, -0.15) is 0 Å². The third-order valence-electron chi connectivity index (χ3n) is 6.29. The molecule has 0 atom stereocenters. The Morgan fingerprint density at radius 3 is 2.61 bits per heavy atom. The molecule has 1 saturated carbocycles. The predicted octanol–water partition coefficient (Wildman–Crippen LogP) is 3.09. The van der Waals surface area contributed by atoms with E-state index in [4.69, 9.17) is 5.11 Å². The summed E-state index contributed by atoms with van der Waals surface area (Å²) < 4.78 is 0. The fraction of sp³-hybridized carbons (Fsp3) is 0.333. The SMILES string of the molecule is Cc1ccnc(-c2cnc(N3CC4(CC4)c4ccc(C(=O)N(C)CCO)cc43)nc2)c1. The lowest BCUT2D eigenvalue weighted by molar-refractivity contribution is 0.0767. The lowest BCUT2D eigenvalue weighted by Crippen LogP contribution is -2.29. The summed E-state index contributed by atoms with van der Waals surface area (Å²) in [5.74, 6) is 0.532. The molecule has 31 heavy (non-hydrogen) atoms. The van der Waals surface area contributed by atoms with Gasteiger partial charge in [0.1, 0.15) is 0 Å². The number of aliphatic hydroxyl groups is 1. The first-order valence-corrected chi connectivity index (χ1v) is 10.5. The van der Waals surface area contributed by atoms with Crippen LogP contribution in [0, 0.1) is 6.92 Å². The molecule has 5 rings (SSSR count). The van der Waals surface area contributed by atoms with Crippen LogP contribution in [-0.4, -0.2) is 57.6 Å². The van der Waals surface area contributed by atoms with E-state index >= 15 is 0 Å². The maximum Gasteiger partial charge on any atom is 0.253 e. The Bertz CT molecular complexity index is 1140. The number of amides is 1. The summed E-state index contributed by atoms with van der Waals surface area (Å²) in [5.41, 5.74) is 5.90. The van der Waals surface area contributed by atoms with Crippen LogP contribution in [0.2, 0.25) is 0 Å². The third-order valence-corrected chi connectivity index (χ3v) is 6.29. The van der Waals surface area contributed by atoms with Gasteiger partial charge >= 0.3 is 0 Å². The molecule has 7 heteroatoms. The zero-order valence-corrected chi connectivity index (χ0v) is 17.7. The van der Waals surface area contributed by atoms with E-state index in [1.165, 1.54) is 10.5 Å². The fourth-order valence-electron chi connectivity index (χ4n) is 4.33. The predicted molar refractivity (Wildman–Crippen MR) is 118 cm³/mol. The molecule has 7 nitrogen and oxygen atoms in total. The fourth-order valence-corrected chi connectivity index (χ4v) is 4.33. The molecule has 1 amide bonds. The van der Waals surface area contributed by atoms with Crippen LogP contribution in [0.15, 0.2) is 48.9 Å². The molecule has 3 aromatic rings. The van der Waals surface area contributed by atoms with Crippen molar-refractivity contribution in [2.24, 2.45) is 0 Å². The minimum absolute atomic E-state index is 0.0571. The second-order valence-corrected chi connectivity index (χ2v) is 8.54. The van der Waals surface area contributed by atoms with Crippen LogP contribution in [0.25, 0.3) is 11.3 Å².